The number of nitro groups is 1. The normalized spacial score (nSPS) is 12.1. The average Bonchev–Trinajstić information content (AvgIpc) is 2.89. The Labute approximate surface area is 202 Å². The summed E-state index contributed by atoms with van der Waals surface area (Å²) in [4.78, 5) is 22.3. The fourth-order valence-corrected chi connectivity index (χ4v) is 3.93. The van der Waals surface area contributed by atoms with E-state index in [0.29, 0.717) is 43.5 Å². The van der Waals surface area contributed by atoms with Gasteiger partial charge in [-0.05, 0) is 23.3 Å². The van der Waals surface area contributed by atoms with Crippen LogP contribution in [0.25, 0.3) is 0 Å². The minimum Gasteiger partial charge on any atom is -0.486 e. The van der Waals surface area contributed by atoms with Gasteiger partial charge < -0.3 is 19.7 Å². The smallest absolute Gasteiger partial charge is 0.353 e. The molecule has 0 amide bonds. The van der Waals surface area contributed by atoms with E-state index in [1.54, 1.807) is 18.2 Å². The van der Waals surface area contributed by atoms with Crippen molar-refractivity contribution in [3.05, 3.63) is 106 Å². The van der Waals surface area contributed by atoms with E-state index in [2.05, 4.69) is 15.3 Å². The molecule has 0 bridgehead atoms. The van der Waals surface area contributed by atoms with E-state index < -0.39 is 4.92 Å². The Balaban J connectivity index is 1.52. The number of nitrogens with zero attached hydrogens (tertiary/aromatic N) is 4. The molecular formula is C26H23N5O4. The highest BCUT2D eigenvalue weighted by atomic mass is 16.6. The van der Waals surface area contributed by atoms with Crippen LogP contribution in [0, 0.1) is 10.1 Å². The van der Waals surface area contributed by atoms with Crippen LogP contribution in [-0.4, -0.2) is 28.1 Å². The number of ether oxygens (including phenoxy) is 2. The van der Waals surface area contributed by atoms with Gasteiger partial charge in [-0.3, -0.25) is 10.1 Å². The average molecular weight is 470 g/mol. The third-order valence-corrected chi connectivity index (χ3v) is 5.52. The van der Waals surface area contributed by atoms with Crippen molar-refractivity contribution in [1.29, 1.82) is 0 Å². The van der Waals surface area contributed by atoms with Gasteiger partial charge in [0.1, 0.15) is 19.5 Å². The number of anilines is 3. The molecule has 0 aliphatic carbocycles. The lowest BCUT2D eigenvalue weighted by molar-refractivity contribution is -0.383. The predicted octanol–water partition coefficient (Wildman–Crippen LogP) is 5.11. The van der Waals surface area contributed by atoms with Gasteiger partial charge in [-0.15, -0.1) is 0 Å². The summed E-state index contributed by atoms with van der Waals surface area (Å²) in [5, 5.41) is 15.4. The van der Waals surface area contributed by atoms with E-state index in [1.165, 1.54) is 6.33 Å². The molecule has 35 heavy (non-hydrogen) atoms. The Hall–Kier alpha value is -4.66. The highest BCUT2D eigenvalue weighted by Crippen LogP contribution is 2.37. The lowest BCUT2D eigenvalue weighted by Gasteiger charge is -2.24. The van der Waals surface area contributed by atoms with Crippen molar-refractivity contribution in [3.63, 3.8) is 0 Å². The van der Waals surface area contributed by atoms with Crippen LogP contribution in [-0.2, 0) is 13.1 Å². The van der Waals surface area contributed by atoms with Crippen LogP contribution in [0.5, 0.6) is 11.5 Å². The van der Waals surface area contributed by atoms with E-state index >= 15 is 0 Å². The maximum Gasteiger partial charge on any atom is 0.353 e. The van der Waals surface area contributed by atoms with Crippen molar-refractivity contribution < 1.29 is 14.4 Å². The van der Waals surface area contributed by atoms with Crippen molar-refractivity contribution >= 4 is 23.0 Å². The summed E-state index contributed by atoms with van der Waals surface area (Å²) in [6, 6.07) is 24.9. The van der Waals surface area contributed by atoms with E-state index in [0.717, 1.165) is 11.1 Å². The van der Waals surface area contributed by atoms with Gasteiger partial charge in [-0.1, -0.05) is 60.7 Å². The monoisotopic (exact) mass is 469 g/mol. The maximum atomic E-state index is 12.3. The van der Waals surface area contributed by atoms with Gasteiger partial charge in [0, 0.05) is 24.8 Å². The second kappa shape index (κ2) is 10.1. The van der Waals surface area contributed by atoms with Crippen molar-refractivity contribution in [2.75, 3.05) is 23.4 Å². The molecule has 0 spiro atoms. The van der Waals surface area contributed by atoms with Crippen molar-refractivity contribution in [1.82, 2.24) is 9.97 Å². The molecule has 1 aromatic heterocycles. The third-order valence-electron chi connectivity index (χ3n) is 5.52. The Bertz CT molecular complexity index is 1280. The largest absolute Gasteiger partial charge is 0.486 e. The molecule has 0 saturated carbocycles. The van der Waals surface area contributed by atoms with Gasteiger partial charge in [-0.2, -0.15) is 0 Å². The SMILES string of the molecule is O=[N+]([O-])c1c(Nc2ccc3c(c2)OCCO3)ncnc1N(Cc1ccccc1)Cc1ccccc1. The van der Waals surface area contributed by atoms with E-state index in [1.807, 2.05) is 65.6 Å². The number of hydrogen-bond donors (Lipinski definition) is 1. The zero-order valence-corrected chi connectivity index (χ0v) is 18.8. The van der Waals surface area contributed by atoms with E-state index in [9.17, 15) is 10.1 Å². The van der Waals surface area contributed by atoms with Crippen molar-refractivity contribution in [3.8, 4) is 11.5 Å². The Morgan fingerprint density at radius 2 is 1.49 bits per heavy atom. The molecule has 2 heterocycles. The van der Waals surface area contributed by atoms with Crippen LogP contribution in [0.15, 0.2) is 85.2 Å². The number of nitrogens with one attached hydrogen (secondary N) is 1. The molecule has 1 aliphatic rings. The van der Waals surface area contributed by atoms with Crippen LogP contribution in [0.3, 0.4) is 0 Å². The number of benzene rings is 3. The highest BCUT2D eigenvalue weighted by molar-refractivity contribution is 5.75. The second-order valence-corrected chi connectivity index (χ2v) is 7.96. The van der Waals surface area contributed by atoms with Crippen LogP contribution >= 0.6 is 0 Å². The molecule has 9 heteroatoms. The van der Waals surface area contributed by atoms with Crippen molar-refractivity contribution in [2.45, 2.75) is 13.1 Å². The van der Waals surface area contributed by atoms with Gasteiger partial charge >= 0.3 is 5.69 Å². The van der Waals surface area contributed by atoms with Gasteiger partial charge in [0.05, 0.1) is 4.92 Å². The molecule has 0 radical (unpaired) electrons. The highest BCUT2D eigenvalue weighted by Gasteiger charge is 2.28. The van der Waals surface area contributed by atoms with E-state index in [-0.39, 0.29) is 17.3 Å². The van der Waals surface area contributed by atoms with Crippen LogP contribution in [0.2, 0.25) is 0 Å². The zero-order chi connectivity index (χ0) is 24.0. The molecular weight excluding hydrogens is 446 g/mol. The molecule has 0 unspecified atom stereocenters. The number of rotatable bonds is 8. The molecule has 1 N–H and O–H groups in total. The summed E-state index contributed by atoms with van der Waals surface area (Å²) >= 11 is 0. The summed E-state index contributed by atoms with van der Waals surface area (Å²) in [6.07, 6.45) is 1.34. The summed E-state index contributed by atoms with van der Waals surface area (Å²) in [6.45, 7) is 1.81. The first-order valence-electron chi connectivity index (χ1n) is 11.2. The fourth-order valence-electron chi connectivity index (χ4n) is 3.93. The summed E-state index contributed by atoms with van der Waals surface area (Å²) < 4.78 is 11.2. The Kier molecular flexibility index (Phi) is 6.38. The molecule has 1 aliphatic heterocycles. The predicted molar refractivity (Wildman–Crippen MR) is 132 cm³/mol. The quantitative estimate of drug-likeness (QED) is 0.281. The first-order valence-corrected chi connectivity index (χ1v) is 11.2. The first-order chi connectivity index (χ1) is 17.2. The summed E-state index contributed by atoms with van der Waals surface area (Å²) in [5.74, 6) is 1.55. The third kappa shape index (κ3) is 5.14. The molecule has 3 aromatic carbocycles. The van der Waals surface area contributed by atoms with Crippen LogP contribution in [0.1, 0.15) is 11.1 Å². The molecule has 9 nitrogen and oxygen atoms in total. The van der Waals surface area contributed by atoms with Gasteiger partial charge in [-0.25, -0.2) is 9.97 Å². The lowest BCUT2D eigenvalue weighted by atomic mass is 10.1. The topological polar surface area (TPSA) is 103 Å². The fraction of sp³-hybridized carbons (Fsp3) is 0.154. The molecule has 5 rings (SSSR count). The Morgan fingerprint density at radius 3 is 2.11 bits per heavy atom. The first kappa shape index (κ1) is 22.1. The lowest BCUT2D eigenvalue weighted by Crippen LogP contribution is -2.24. The second-order valence-electron chi connectivity index (χ2n) is 7.96. The van der Waals surface area contributed by atoms with Crippen LogP contribution in [0.4, 0.5) is 23.0 Å². The van der Waals surface area contributed by atoms with Gasteiger partial charge in [0.2, 0.25) is 11.6 Å². The van der Waals surface area contributed by atoms with Crippen molar-refractivity contribution in [2.24, 2.45) is 0 Å². The summed E-state index contributed by atoms with van der Waals surface area (Å²) in [7, 11) is 0. The molecule has 0 fully saturated rings. The molecule has 0 atom stereocenters. The minimum absolute atomic E-state index is 0.0998. The van der Waals surface area contributed by atoms with E-state index in [4.69, 9.17) is 9.47 Å². The molecule has 4 aromatic rings. The Morgan fingerprint density at radius 1 is 0.857 bits per heavy atom. The summed E-state index contributed by atoms with van der Waals surface area (Å²) in [5.41, 5.74) is 2.42. The van der Waals surface area contributed by atoms with Crippen LogP contribution < -0.4 is 19.7 Å². The molecule has 0 saturated heterocycles. The molecule has 176 valence electrons. The number of aromatic nitrogens is 2. The van der Waals surface area contributed by atoms with Gasteiger partial charge in [0.25, 0.3) is 0 Å². The zero-order valence-electron chi connectivity index (χ0n) is 18.8. The number of hydrogen-bond acceptors (Lipinski definition) is 8. The number of fused-ring (bicyclic) bond motifs is 1. The standard InChI is InChI=1S/C26H23N5O4/c32-31(33)24-25(29-21-11-12-22-23(15-21)35-14-13-34-22)27-18-28-26(24)30(16-19-7-3-1-4-8-19)17-20-9-5-2-6-10-20/h1-12,15,18H,13-14,16-17H2,(H,27,28,29). The minimum atomic E-state index is -0.446. The maximum absolute atomic E-state index is 12.3. The van der Waals surface area contributed by atoms with Gasteiger partial charge in [0.15, 0.2) is 11.5 Å².